The predicted molar refractivity (Wildman–Crippen MR) is 47.1 cm³/mol. The molecule has 4 N–H and O–H groups in total. The molecule has 7 heteroatoms. The number of rotatable bonds is 5. The number of aliphatic carboxylic acids is 1. The topological polar surface area (TPSA) is 109 Å². The van der Waals surface area contributed by atoms with Gasteiger partial charge in [0, 0.05) is 0 Å². The maximum atomic E-state index is 10.5. The van der Waals surface area contributed by atoms with E-state index in [0.717, 1.165) is 0 Å². The van der Waals surface area contributed by atoms with Gasteiger partial charge < -0.3 is 5.11 Å². The first-order valence-corrected chi connectivity index (χ1v) is 5.30. The molecule has 0 amide bonds. The molecule has 0 aromatic carbocycles. The quantitative estimate of drug-likeness (QED) is 0.556. The van der Waals surface area contributed by atoms with Crippen molar-refractivity contribution in [3.8, 4) is 0 Å². The maximum absolute atomic E-state index is 10.5. The minimum atomic E-state index is -3.94. The molecule has 0 aromatic heterocycles. The average molecular weight is 210 g/mol. The van der Waals surface area contributed by atoms with Crippen molar-refractivity contribution in [2.24, 2.45) is 11.1 Å². The Hall–Kier alpha value is -0.660. The summed E-state index contributed by atoms with van der Waals surface area (Å²) < 4.78 is 22.9. The summed E-state index contributed by atoms with van der Waals surface area (Å²) in [5, 5.41) is 13.3. The van der Waals surface area contributed by atoms with Gasteiger partial charge in [0.1, 0.15) is 6.04 Å². The van der Waals surface area contributed by atoms with Crippen molar-refractivity contribution in [1.82, 2.24) is 4.72 Å². The lowest BCUT2D eigenvalue weighted by atomic mass is 10.1. The Kier molecular flexibility index (Phi) is 4.31. The minimum Gasteiger partial charge on any atom is -0.480 e. The summed E-state index contributed by atoms with van der Waals surface area (Å²) >= 11 is 0. The van der Waals surface area contributed by atoms with Crippen LogP contribution >= 0.6 is 0 Å². The van der Waals surface area contributed by atoms with Gasteiger partial charge in [-0.2, -0.15) is 13.1 Å². The van der Waals surface area contributed by atoms with Crippen LogP contribution in [0, 0.1) is 5.92 Å². The fourth-order valence-electron chi connectivity index (χ4n) is 0.869. The first kappa shape index (κ1) is 12.3. The molecule has 0 heterocycles. The fourth-order valence-corrected chi connectivity index (χ4v) is 1.46. The molecule has 0 spiro atoms. The standard InChI is InChI=1S/C6H14N2O4S/c1-4(2)3-5(6(9)10)8-13(7,11)12/h4-5,8H,3H2,1-2H3,(H,9,10)(H2,7,11,12)/t5-/m1/s1. The second-order valence-electron chi connectivity index (χ2n) is 3.18. The summed E-state index contributed by atoms with van der Waals surface area (Å²) in [5.41, 5.74) is 0. The highest BCUT2D eigenvalue weighted by atomic mass is 32.2. The van der Waals surface area contributed by atoms with Crippen molar-refractivity contribution in [2.45, 2.75) is 26.3 Å². The van der Waals surface area contributed by atoms with Crippen molar-refractivity contribution in [2.75, 3.05) is 0 Å². The summed E-state index contributed by atoms with van der Waals surface area (Å²) in [4.78, 5) is 10.5. The van der Waals surface area contributed by atoms with E-state index in [1.54, 1.807) is 13.8 Å². The third kappa shape index (κ3) is 6.50. The number of nitrogens with two attached hydrogens (primary N) is 1. The Labute approximate surface area is 77.3 Å². The summed E-state index contributed by atoms with van der Waals surface area (Å²) in [5.74, 6) is -1.14. The summed E-state index contributed by atoms with van der Waals surface area (Å²) in [6.07, 6.45) is 0.214. The lowest BCUT2D eigenvalue weighted by molar-refractivity contribution is -0.139. The minimum absolute atomic E-state index is 0.0790. The number of carboxylic acids is 1. The summed E-state index contributed by atoms with van der Waals surface area (Å²) in [6, 6.07) is -1.14. The molecule has 1 atom stereocenters. The van der Waals surface area contributed by atoms with Gasteiger partial charge in [-0.15, -0.1) is 0 Å². The van der Waals surface area contributed by atoms with Crippen molar-refractivity contribution in [3.63, 3.8) is 0 Å². The molecule has 0 aliphatic heterocycles. The Morgan fingerprint density at radius 3 is 2.23 bits per heavy atom. The molecule has 0 rings (SSSR count). The molecule has 0 aromatic rings. The van der Waals surface area contributed by atoms with Crippen LogP contribution in [0.15, 0.2) is 0 Å². The smallest absolute Gasteiger partial charge is 0.321 e. The molecule has 0 fully saturated rings. The first-order valence-electron chi connectivity index (χ1n) is 3.75. The zero-order valence-electron chi connectivity index (χ0n) is 7.52. The largest absolute Gasteiger partial charge is 0.480 e. The van der Waals surface area contributed by atoms with Gasteiger partial charge in [-0.1, -0.05) is 13.8 Å². The van der Waals surface area contributed by atoms with Crippen LogP contribution in [0.2, 0.25) is 0 Å². The third-order valence-corrected chi connectivity index (χ3v) is 1.92. The van der Waals surface area contributed by atoms with Crippen LogP contribution in [-0.2, 0) is 15.0 Å². The molecule has 0 aliphatic rings. The van der Waals surface area contributed by atoms with Gasteiger partial charge in [0.05, 0.1) is 0 Å². The first-order chi connectivity index (χ1) is 5.72. The summed E-state index contributed by atoms with van der Waals surface area (Å²) in [6.45, 7) is 3.58. The number of hydrogen-bond acceptors (Lipinski definition) is 3. The predicted octanol–water partition coefficient (Wildman–Crippen LogP) is -0.721. The molecular weight excluding hydrogens is 196 g/mol. The van der Waals surface area contributed by atoms with Crippen molar-refractivity contribution < 1.29 is 18.3 Å². The van der Waals surface area contributed by atoms with Crippen LogP contribution in [0.3, 0.4) is 0 Å². The molecule has 0 bridgehead atoms. The van der Waals surface area contributed by atoms with Gasteiger partial charge in [0.25, 0.3) is 10.2 Å². The van der Waals surface area contributed by atoms with E-state index in [1.165, 1.54) is 0 Å². The molecular formula is C6H14N2O4S. The second-order valence-corrected chi connectivity index (χ2v) is 4.51. The second kappa shape index (κ2) is 4.54. The van der Waals surface area contributed by atoms with E-state index in [-0.39, 0.29) is 12.3 Å². The lowest BCUT2D eigenvalue weighted by Crippen LogP contribution is -2.44. The number of nitrogens with one attached hydrogen (secondary N) is 1. The van der Waals surface area contributed by atoms with Gasteiger partial charge in [-0.05, 0) is 12.3 Å². The van der Waals surface area contributed by atoms with Crippen LogP contribution in [0.5, 0.6) is 0 Å². The van der Waals surface area contributed by atoms with Crippen molar-refractivity contribution >= 4 is 16.2 Å². The molecule has 78 valence electrons. The van der Waals surface area contributed by atoms with Crippen LogP contribution in [0.4, 0.5) is 0 Å². The molecule has 0 saturated heterocycles. The molecule has 0 aliphatic carbocycles. The Balaban J connectivity index is 4.37. The van der Waals surface area contributed by atoms with Crippen LogP contribution in [0.25, 0.3) is 0 Å². The number of carbonyl (C=O) groups is 1. The van der Waals surface area contributed by atoms with Crippen LogP contribution < -0.4 is 9.86 Å². The van der Waals surface area contributed by atoms with Crippen molar-refractivity contribution in [3.05, 3.63) is 0 Å². The van der Waals surface area contributed by atoms with E-state index in [1.807, 2.05) is 4.72 Å². The summed E-state index contributed by atoms with van der Waals surface area (Å²) in [7, 11) is -3.94. The van der Waals surface area contributed by atoms with Gasteiger partial charge in [-0.3, -0.25) is 4.79 Å². The molecule has 0 unspecified atom stereocenters. The Morgan fingerprint density at radius 2 is 2.00 bits per heavy atom. The average Bonchev–Trinajstić information content (AvgIpc) is 1.81. The highest BCUT2D eigenvalue weighted by molar-refractivity contribution is 7.87. The monoisotopic (exact) mass is 210 g/mol. The van der Waals surface area contributed by atoms with E-state index < -0.39 is 22.2 Å². The van der Waals surface area contributed by atoms with Gasteiger partial charge in [-0.25, -0.2) is 5.14 Å². The molecule has 6 nitrogen and oxygen atoms in total. The highest BCUT2D eigenvalue weighted by Crippen LogP contribution is 2.05. The highest BCUT2D eigenvalue weighted by Gasteiger charge is 2.22. The van der Waals surface area contributed by atoms with E-state index in [9.17, 15) is 13.2 Å². The SMILES string of the molecule is CC(C)C[C@@H](NS(N)(=O)=O)C(=O)O. The van der Waals surface area contributed by atoms with E-state index in [4.69, 9.17) is 5.11 Å². The molecule has 0 radical (unpaired) electrons. The number of carboxylic acid groups (broad SMARTS) is 1. The van der Waals surface area contributed by atoms with E-state index >= 15 is 0 Å². The fraction of sp³-hybridized carbons (Fsp3) is 0.833. The molecule has 13 heavy (non-hydrogen) atoms. The van der Waals surface area contributed by atoms with Gasteiger partial charge >= 0.3 is 5.97 Å². The van der Waals surface area contributed by atoms with Gasteiger partial charge in [0.2, 0.25) is 0 Å². The third-order valence-electron chi connectivity index (χ3n) is 1.31. The Bertz CT molecular complexity index is 272. The van der Waals surface area contributed by atoms with Crippen molar-refractivity contribution in [1.29, 1.82) is 0 Å². The normalized spacial score (nSPS) is 14.5. The van der Waals surface area contributed by atoms with E-state index in [0.29, 0.717) is 0 Å². The van der Waals surface area contributed by atoms with Gasteiger partial charge in [0.15, 0.2) is 0 Å². The van der Waals surface area contributed by atoms with Crippen LogP contribution in [0.1, 0.15) is 20.3 Å². The molecule has 0 saturated carbocycles. The maximum Gasteiger partial charge on any atom is 0.321 e. The number of hydrogen-bond donors (Lipinski definition) is 3. The zero-order chi connectivity index (χ0) is 10.6. The Morgan fingerprint density at radius 1 is 1.54 bits per heavy atom. The lowest BCUT2D eigenvalue weighted by Gasteiger charge is -2.14. The van der Waals surface area contributed by atoms with E-state index in [2.05, 4.69) is 5.14 Å². The van der Waals surface area contributed by atoms with Crippen LogP contribution in [-0.4, -0.2) is 25.5 Å². The zero-order valence-corrected chi connectivity index (χ0v) is 8.34.